The molecule has 2 aromatic heterocycles. The van der Waals surface area contributed by atoms with Gasteiger partial charge in [0.25, 0.3) is 0 Å². The molecule has 1 atom stereocenters. The summed E-state index contributed by atoms with van der Waals surface area (Å²) in [5, 5.41) is 3.27. The van der Waals surface area contributed by atoms with Crippen molar-refractivity contribution in [2.45, 2.75) is 6.10 Å². The lowest BCUT2D eigenvalue weighted by molar-refractivity contribution is 0.0228. The number of hydrogen-bond acceptors (Lipinski definition) is 4. The van der Waals surface area contributed by atoms with Gasteiger partial charge in [0.2, 0.25) is 0 Å². The molecule has 0 aliphatic carbocycles. The van der Waals surface area contributed by atoms with Crippen LogP contribution in [0.4, 0.5) is 0 Å². The highest BCUT2D eigenvalue weighted by molar-refractivity contribution is 9.10. The number of halogens is 1. The standard InChI is InChI=1S/C10H11BrN4O/c11-6-3-7-9(13-4-6)15-10(14-7)8-5-12-1-2-16-8/h3-4,8,12H,1-2,5H2,(H,13,14,15). The third kappa shape index (κ3) is 1.83. The summed E-state index contributed by atoms with van der Waals surface area (Å²) in [5.41, 5.74) is 1.66. The molecule has 1 unspecified atom stereocenters. The molecule has 1 aliphatic heterocycles. The monoisotopic (exact) mass is 282 g/mol. The number of nitrogens with one attached hydrogen (secondary N) is 2. The third-order valence-electron chi connectivity index (χ3n) is 2.55. The molecule has 1 aliphatic rings. The van der Waals surface area contributed by atoms with Crippen LogP contribution in [0.15, 0.2) is 16.7 Å². The zero-order valence-electron chi connectivity index (χ0n) is 8.53. The fourth-order valence-corrected chi connectivity index (χ4v) is 2.12. The summed E-state index contributed by atoms with van der Waals surface area (Å²) in [6.45, 7) is 2.42. The molecule has 84 valence electrons. The Bertz CT molecular complexity index is 506. The van der Waals surface area contributed by atoms with Crippen molar-refractivity contribution < 1.29 is 4.74 Å². The lowest BCUT2D eigenvalue weighted by atomic mass is 10.3. The third-order valence-corrected chi connectivity index (χ3v) is 2.99. The Morgan fingerprint density at radius 3 is 3.25 bits per heavy atom. The van der Waals surface area contributed by atoms with Crippen LogP contribution in [0.1, 0.15) is 11.9 Å². The number of aromatic amines is 1. The minimum atomic E-state index is 0.00160. The fourth-order valence-electron chi connectivity index (χ4n) is 1.79. The van der Waals surface area contributed by atoms with Gasteiger partial charge in [-0.1, -0.05) is 0 Å². The van der Waals surface area contributed by atoms with Gasteiger partial charge in [0.15, 0.2) is 5.65 Å². The van der Waals surface area contributed by atoms with Gasteiger partial charge in [-0.3, -0.25) is 0 Å². The molecule has 0 saturated carbocycles. The Labute approximate surface area is 101 Å². The molecule has 3 heterocycles. The van der Waals surface area contributed by atoms with E-state index in [4.69, 9.17) is 4.74 Å². The zero-order valence-corrected chi connectivity index (χ0v) is 10.1. The molecular formula is C10H11BrN4O. The minimum Gasteiger partial charge on any atom is -0.368 e. The highest BCUT2D eigenvalue weighted by Gasteiger charge is 2.19. The Hall–Kier alpha value is -0.980. The van der Waals surface area contributed by atoms with Crippen LogP contribution in [0, 0.1) is 0 Å². The number of rotatable bonds is 1. The van der Waals surface area contributed by atoms with Gasteiger partial charge in [0.05, 0.1) is 12.1 Å². The Kier molecular flexibility index (Phi) is 2.62. The van der Waals surface area contributed by atoms with E-state index in [1.54, 1.807) is 6.20 Å². The maximum Gasteiger partial charge on any atom is 0.177 e. The molecule has 0 bridgehead atoms. The van der Waals surface area contributed by atoms with Crippen LogP contribution in [-0.2, 0) is 4.74 Å². The lowest BCUT2D eigenvalue weighted by Gasteiger charge is -2.21. The van der Waals surface area contributed by atoms with E-state index in [1.165, 1.54) is 0 Å². The molecule has 0 amide bonds. The molecule has 16 heavy (non-hydrogen) atoms. The molecular weight excluding hydrogens is 272 g/mol. The van der Waals surface area contributed by atoms with Gasteiger partial charge in [-0.05, 0) is 22.0 Å². The van der Waals surface area contributed by atoms with Gasteiger partial charge in [-0.25, -0.2) is 9.97 Å². The minimum absolute atomic E-state index is 0.00160. The van der Waals surface area contributed by atoms with E-state index in [-0.39, 0.29) is 6.10 Å². The molecule has 0 radical (unpaired) electrons. The summed E-state index contributed by atoms with van der Waals surface area (Å²) >= 11 is 3.38. The van der Waals surface area contributed by atoms with Crippen molar-refractivity contribution in [3.8, 4) is 0 Å². The summed E-state index contributed by atoms with van der Waals surface area (Å²) in [4.78, 5) is 11.9. The molecule has 0 aromatic carbocycles. The van der Waals surface area contributed by atoms with E-state index in [2.05, 4.69) is 36.2 Å². The Morgan fingerprint density at radius 2 is 2.44 bits per heavy atom. The van der Waals surface area contributed by atoms with Gasteiger partial charge in [-0.15, -0.1) is 0 Å². The maximum atomic E-state index is 5.63. The second-order valence-corrected chi connectivity index (χ2v) is 4.63. The van der Waals surface area contributed by atoms with Crippen LogP contribution in [0.5, 0.6) is 0 Å². The summed E-state index contributed by atoms with van der Waals surface area (Å²) in [7, 11) is 0. The van der Waals surface area contributed by atoms with E-state index in [0.29, 0.717) is 0 Å². The summed E-state index contributed by atoms with van der Waals surface area (Å²) in [6.07, 6.45) is 1.74. The number of hydrogen-bond donors (Lipinski definition) is 2. The van der Waals surface area contributed by atoms with Crippen LogP contribution in [0.3, 0.4) is 0 Å². The van der Waals surface area contributed by atoms with Gasteiger partial charge in [0.1, 0.15) is 11.9 Å². The molecule has 5 nitrogen and oxygen atoms in total. The first-order chi connectivity index (χ1) is 7.83. The Balaban J connectivity index is 1.97. The molecule has 2 aromatic rings. The average molecular weight is 283 g/mol. The second-order valence-electron chi connectivity index (χ2n) is 3.71. The average Bonchev–Trinajstić information content (AvgIpc) is 2.73. The van der Waals surface area contributed by atoms with Crippen LogP contribution in [0.2, 0.25) is 0 Å². The summed E-state index contributed by atoms with van der Waals surface area (Å²) in [5.74, 6) is 0.841. The second kappa shape index (κ2) is 4.12. The fraction of sp³-hybridized carbons (Fsp3) is 0.400. The summed E-state index contributed by atoms with van der Waals surface area (Å²) in [6, 6.07) is 1.97. The van der Waals surface area contributed by atoms with Crippen LogP contribution >= 0.6 is 15.9 Å². The molecule has 2 N–H and O–H groups in total. The van der Waals surface area contributed by atoms with Crippen molar-refractivity contribution >= 4 is 27.1 Å². The van der Waals surface area contributed by atoms with Crippen LogP contribution in [-0.4, -0.2) is 34.6 Å². The van der Waals surface area contributed by atoms with Crippen molar-refractivity contribution in [3.63, 3.8) is 0 Å². The molecule has 6 heteroatoms. The maximum absolute atomic E-state index is 5.63. The molecule has 3 rings (SSSR count). The smallest absolute Gasteiger partial charge is 0.177 e. The first-order valence-electron chi connectivity index (χ1n) is 5.16. The van der Waals surface area contributed by atoms with Gasteiger partial charge in [-0.2, -0.15) is 0 Å². The summed E-state index contributed by atoms with van der Waals surface area (Å²) < 4.78 is 6.57. The molecule has 1 fully saturated rings. The van der Waals surface area contributed by atoms with Gasteiger partial charge >= 0.3 is 0 Å². The first-order valence-corrected chi connectivity index (χ1v) is 5.96. The number of pyridine rings is 1. The lowest BCUT2D eigenvalue weighted by Crippen LogP contribution is -2.33. The largest absolute Gasteiger partial charge is 0.368 e. The topological polar surface area (TPSA) is 62.8 Å². The molecule has 0 spiro atoms. The van der Waals surface area contributed by atoms with Gasteiger partial charge < -0.3 is 15.0 Å². The number of nitrogens with zero attached hydrogens (tertiary/aromatic N) is 2. The number of aromatic nitrogens is 3. The van der Waals surface area contributed by atoms with E-state index in [9.17, 15) is 0 Å². The van der Waals surface area contributed by atoms with Crippen LogP contribution in [0.25, 0.3) is 11.2 Å². The first kappa shape index (κ1) is 10.2. The number of imidazole rings is 1. The number of fused-ring (bicyclic) bond motifs is 1. The highest BCUT2D eigenvalue weighted by Crippen LogP contribution is 2.20. The normalized spacial score (nSPS) is 21.4. The number of H-pyrrole nitrogens is 1. The van der Waals surface area contributed by atoms with Crippen molar-refractivity contribution in [2.75, 3.05) is 19.7 Å². The van der Waals surface area contributed by atoms with E-state index in [1.807, 2.05) is 6.07 Å². The zero-order chi connectivity index (χ0) is 11.0. The highest BCUT2D eigenvalue weighted by atomic mass is 79.9. The number of ether oxygens (including phenoxy) is 1. The van der Waals surface area contributed by atoms with Crippen molar-refractivity contribution in [1.29, 1.82) is 0 Å². The Morgan fingerprint density at radius 1 is 1.50 bits per heavy atom. The van der Waals surface area contributed by atoms with Gasteiger partial charge in [0, 0.05) is 23.8 Å². The van der Waals surface area contributed by atoms with Crippen LogP contribution < -0.4 is 5.32 Å². The van der Waals surface area contributed by atoms with Crippen molar-refractivity contribution in [1.82, 2.24) is 20.3 Å². The quantitative estimate of drug-likeness (QED) is 0.830. The predicted octanol–water partition coefficient (Wildman–Crippen LogP) is 1.38. The predicted molar refractivity (Wildman–Crippen MR) is 63.2 cm³/mol. The van der Waals surface area contributed by atoms with Crippen molar-refractivity contribution in [3.05, 3.63) is 22.6 Å². The molecule has 1 saturated heterocycles. The van der Waals surface area contributed by atoms with Crippen molar-refractivity contribution in [2.24, 2.45) is 0 Å². The number of morpholine rings is 1. The van der Waals surface area contributed by atoms with E-state index in [0.717, 1.165) is 41.2 Å². The SMILES string of the molecule is Brc1cnc2nc(C3CNCCO3)[nH]c2c1. The van der Waals surface area contributed by atoms with E-state index >= 15 is 0 Å². The van der Waals surface area contributed by atoms with E-state index < -0.39 is 0 Å².